The fourth-order valence-electron chi connectivity index (χ4n) is 2.25. The molecular formula is C13H18ClN3. The number of imidazole rings is 1. The van der Waals surface area contributed by atoms with Crippen LogP contribution in [0.2, 0.25) is 5.02 Å². The molecule has 0 aliphatic carbocycles. The number of aryl methyl sites for hydroxylation is 1. The summed E-state index contributed by atoms with van der Waals surface area (Å²) >= 11 is 5.99. The maximum Gasteiger partial charge on any atom is 0.129 e. The molecule has 1 N–H and O–H groups in total. The second-order valence-electron chi connectivity index (χ2n) is 4.78. The van der Waals surface area contributed by atoms with Crippen LogP contribution >= 0.6 is 11.6 Å². The molecule has 0 saturated heterocycles. The van der Waals surface area contributed by atoms with Gasteiger partial charge < -0.3 is 9.88 Å². The molecular weight excluding hydrogens is 234 g/mol. The molecule has 0 radical (unpaired) electrons. The lowest BCUT2D eigenvalue weighted by Crippen LogP contribution is -2.38. The van der Waals surface area contributed by atoms with Crippen LogP contribution in [0.5, 0.6) is 0 Å². The second kappa shape index (κ2) is 4.31. The van der Waals surface area contributed by atoms with E-state index < -0.39 is 0 Å². The zero-order valence-corrected chi connectivity index (χ0v) is 11.5. The van der Waals surface area contributed by atoms with Crippen LogP contribution in [0.25, 0.3) is 11.0 Å². The highest BCUT2D eigenvalue weighted by Crippen LogP contribution is 2.25. The van der Waals surface area contributed by atoms with Gasteiger partial charge in [-0.2, -0.15) is 0 Å². The summed E-state index contributed by atoms with van der Waals surface area (Å²) in [7, 11) is 2.04. The Balaban J connectivity index is 2.59. The molecule has 2 aromatic rings. The van der Waals surface area contributed by atoms with Crippen molar-refractivity contribution in [3.8, 4) is 0 Å². The van der Waals surface area contributed by atoms with Gasteiger partial charge in [0.25, 0.3) is 0 Å². The van der Waals surface area contributed by atoms with E-state index in [0.29, 0.717) is 0 Å². The highest BCUT2D eigenvalue weighted by atomic mass is 35.5. The average Bonchev–Trinajstić information content (AvgIpc) is 2.56. The Bertz CT molecular complexity index is 543. The van der Waals surface area contributed by atoms with Crippen molar-refractivity contribution < 1.29 is 0 Å². The van der Waals surface area contributed by atoms with E-state index in [-0.39, 0.29) is 5.54 Å². The summed E-state index contributed by atoms with van der Waals surface area (Å²) in [5.74, 6) is 1.02. The minimum atomic E-state index is -0.144. The van der Waals surface area contributed by atoms with Crippen LogP contribution in [-0.2, 0) is 12.6 Å². The smallest absolute Gasteiger partial charge is 0.129 e. The van der Waals surface area contributed by atoms with Gasteiger partial charge in [0.2, 0.25) is 0 Å². The van der Waals surface area contributed by atoms with Crippen LogP contribution in [-0.4, -0.2) is 16.1 Å². The molecule has 0 bridgehead atoms. The third kappa shape index (κ3) is 2.17. The molecule has 1 aromatic heterocycles. The van der Waals surface area contributed by atoms with E-state index in [2.05, 4.69) is 35.6 Å². The van der Waals surface area contributed by atoms with Gasteiger partial charge in [0, 0.05) is 12.1 Å². The minimum Gasteiger partial charge on any atom is -0.330 e. The summed E-state index contributed by atoms with van der Waals surface area (Å²) in [6.07, 6.45) is 0. The quantitative estimate of drug-likeness (QED) is 0.909. The largest absolute Gasteiger partial charge is 0.330 e. The Kier molecular flexibility index (Phi) is 3.15. The fourth-order valence-corrected chi connectivity index (χ4v) is 2.42. The lowest BCUT2D eigenvalue weighted by Gasteiger charge is -2.25. The van der Waals surface area contributed by atoms with Crippen molar-refractivity contribution in [1.82, 2.24) is 14.9 Å². The summed E-state index contributed by atoms with van der Waals surface area (Å²) in [6.45, 7) is 7.29. The molecule has 2 rings (SSSR count). The fraction of sp³-hybridized carbons (Fsp3) is 0.462. The summed E-state index contributed by atoms with van der Waals surface area (Å²) in [6, 6.07) is 5.81. The van der Waals surface area contributed by atoms with E-state index in [9.17, 15) is 0 Å². The summed E-state index contributed by atoms with van der Waals surface area (Å²) in [5.41, 5.74) is 1.91. The van der Waals surface area contributed by atoms with Crippen molar-refractivity contribution in [2.24, 2.45) is 7.05 Å². The van der Waals surface area contributed by atoms with E-state index in [1.54, 1.807) is 0 Å². The Morgan fingerprint density at radius 1 is 1.41 bits per heavy atom. The van der Waals surface area contributed by atoms with Crippen LogP contribution in [0.15, 0.2) is 18.2 Å². The molecule has 1 aromatic carbocycles. The molecule has 0 atom stereocenters. The molecule has 0 spiro atoms. The van der Waals surface area contributed by atoms with Gasteiger partial charge in [-0.25, -0.2) is 4.98 Å². The van der Waals surface area contributed by atoms with Crippen molar-refractivity contribution in [1.29, 1.82) is 0 Å². The van der Waals surface area contributed by atoms with Crippen LogP contribution < -0.4 is 5.32 Å². The monoisotopic (exact) mass is 251 g/mol. The van der Waals surface area contributed by atoms with Crippen molar-refractivity contribution in [3.63, 3.8) is 0 Å². The topological polar surface area (TPSA) is 29.9 Å². The zero-order chi connectivity index (χ0) is 12.6. The van der Waals surface area contributed by atoms with Gasteiger partial charge in [-0.05, 0) is 38.6 Å². The standard InChI is InChI=1S/C13H18ClN3/c1-5-15-13(2,3)12-16-10-8-9(14)6-7-11(10)17(12)4/h6-8,15H,5H2,1-4H3. The van der Waals surface area contributed by atoms with E-state index in [4.69, 9.17) is 11.6 Å². The molecule has 1 heterocycles. The van der Waals surface area contributed by atoms with Gasteiger partial charge in [0.1, 0.15) is 5.82 Å². The highest BCUT2D eigenvalue weighted by Gasteiger charge is 2.25. The number of fused-ring (bicyclic) bond motifs is 1. The van der Waals surface area contributed by atoms with Crippen molar-refractivity contribution in [3.05, 3.63) is 29.0 Å². The molecule has 0 fully saturated rings. The lowest BCUT2D eigenvalue weighted by atomic mass is 10.1. The highest BCUT2D eigenvalue weighted by molar-refractivity contribution is 6.31. The van der Waals surface area contributed by atoms with Crippen molar-refractivity contribution in [2.45, 2.75) is 26.3 Å². The molecule has 0 aliphatic rings. The number of hydrogen-bond donors (Lipinski definition) is 1. The third-order valence-corrected chi connectivity index (χ3v) is 3.26. The number of halogens is 1. The first-order valence-corrected chi connectivity index (χ1v) is 6.21. The van der Waals surface area contributed by atoms with Crippen molar-refractivity contribution in [2.75, 3.05) is 6.54 Å². The molecule has 92 valence electrons. The number of aromatic nitrogens is 2. The molecule has 4 heteroatoms. The second-order valence-corrected chi connectivity index (χ2v) is 5.22. The average molecular weight is 252 g/mol. The number of benzene rings is 1. The van der Waals surface area contributed by atoms with Gasteiger partial charge in [-0.15, -0.1) is 0 Å². The van der Waals surface area contributed by atoms with E-state index >= 15 is 0 Å². The van der Waals surface area contributed by atoms with Crippen LogP contribution in [0.1, 0.15) is 26.6 Å². The molecule has 0 saturated carbocycles. The predicted molar refractivity (Wildman–Crippen MR) is 72.4 cm³/mol. The van der Waals surface area contributed by atoms with Gasteiger partial charge in [0.15, 0.2) is 0 Å². The van der Waals surface area contributed by atoms with E-state index in [0.717, 1.165) is 28.4 Å². The summed E-state index contributed by atoms with van der Waals surface area (Å²) in [5, 5.41) is 4.16. The predicted octanol–water partition coefficient (Wildman–Crippen LogP) is 3.07. The van der Waals surface area contributed by atoms with Crippen LogP contribution in [0, 0.1) is 0 Å². The summed E-state index contributed by atoms with van der Waals surface area (Å²) < 4.78 is 2.12. The normalized spacial score (nSPS) is 12.3. The molecule has 0 amide bonds. The summed E-state index contributed by atoms with van der Waals surface area (Å²) in [4.78, 5) is 4.68. The maximum absolute atomic E-state index is 5.99. The first-order valence-electron chi connectivity index (χ1n) is 5.83. The SMILES string of the molecule is CCNC(C)(C)c1nc2cc(Cl)ccc2n1C. The van der Waals surface area contributed by atoms with E-state index in [1.807, 2.05) is 25.2 Å². The van der Waals surface area contributed by atoms with Gasteiger partial charge in [-0.1, -0.05) is 18.5 Å². The number of nitrogens with zero attached hydrogens (tertiary/aromatic N) is 2. The Hall–Kier alpha value is -1.06. The van der Waals surface area contributed by atoms with Gasteiger partial charge in [-0.3, -0.25) is 0 Å². The maximum atomic E-state index is 5.99. The molecule has 17 heavy (non-hydrogen) atoms. The van der Waals surface area contributed by atoms with Gasteiger partial charge >= 0.3 is 0 Å². The zero-order valence-electron chi connectivity index (χ0n) is 10.7. The first-order chi connectivity index (χ1) is 7.95. The van der Waals surface area contributed by atoms with Crippen LogP contribution in [0.3, 0.4) is 0 Å². The van der Waals surface area contributed by atoms with E-state index in [1.165, 1.54) is 0 Å². The van der Waals surface area contributed by atoms with Gasteiger partial charge in [0.05, 0.1) is 16.6 Å². The molecule has 0 unspecified atom stereocenters. The molecule has 0 aliphatic heterocycles. The van der Waals surface area contributed by atoms with Crippen molar-refractivity contribution >= 4 is 22.6 Å². The van der Waals surface area contributed by atoms with Crippen LogP contribution in [0.4, 0.5) is 0 Å². The number of rotatable bonds is 3. The lowest BCUT2D eigenvalue weighted by molar-refractivity contribution is 0.383. The Morgan fingerprint density at radius 3 is 2.76 bits per heavy atom. The third-order valence-electron chi connectivity index (χ3n) is 3.02. The minimum absolute atomic E-state index is 0.144. The first kappa shape index (κ1) is 12.4. The Labute approximate surface area is 107 Å². The number of hydrogen-bond acceptors (Lipinski definition) is 2. The number of nitrogens with one attached hydrogen (secondary N) is 1. The Morgan fingerprint density at radius 2 is 2.12 bits per heavy atom. The molecule has 3 nitrogen and oxygen atoms in total.